The van der Waals surface area contributed by atoms with Crippen LogP contribution < -0.4 is 5.73 Å². The molecule has 0 heterocycles. The predicted molar refractivity (Wildman–Crippen MR) is 61.6 cm³/mol. The highest BCUT2D eigenvalue weighted by Crippen LogP contribution is 2.37. The Morgan fingerprint density at radius 1 is 1.27 bits per heavy atom. The summed E-state index contributed by atoms with van der Waals surface area (Å²) in [6.07, 6.45) is 1.88. The molecule has 15 heavy (non-hydrogen) atoms. The van der Waals surface area contributed by atoms with Gasteiger partial charge in [0.05, 0.1) is 12.1 Å². The van der Waals surface area contributed by atoms with Gasteiger partial charge in [0.25, 0.3) is 0 Å². The summed E-state index contributed by atoms with van der Waals surface area (Å²) in [6, 6.07) is 5.96. The average Bonchev–Trinajstić information content (AvgIpc) is 3.03. The lowest BCUT2D eigenvalue weighted by atomic mass is 9.96. The molecule has 82 valence electrons. The zero-order valence-electron chi connectivity index (χ0n) is 9.40. The highest BCUT2D eigenvalue weighted by Gasteiger charge is 2.34. The third-order valence-electron chi connectivity index (χ3n) is 3.39. The van der Waals surface area contributed by atoms with Gasteiger partial charge in [0.1, 0.15) is 0 Å². The number of aryl methyl sites for hydroxylation is 2. The van der Waals surface area contributed by atoms with Gasteiger partial charge in [0.2, 0.25) is 0 Å². The summed E-state index contributed by atoms with van der Waals surface area (Å²) >= 11 is 0. The zero-order chi connectivity index (χ0) is 11.0. The minimum Gasteiger partial charge on any atom is -0.391 e. The molecule has 0 aliphatic heterocycles. The van der Waals surface area contributed by atoms with Gasteiger partial charge in [0.15, 0.2) is 0 Å². The van der Waals surface area contributed by atoms with Crippen LogP contribution >= 0.6 is 0 Å². The zero-order valence-corrected chi connectivity index (χ0v) is 9.40. The van der Waals surface area contributed by atoms with Crippen LogP contribution in [0, 0.1) is 19.8 Å². The van der Waals surface area contributed by atoms with Gasteiger partial charge in [-0.2, -0.15) is 0 Å². The quantitative estimate of drug-likeness (QED) is 0.793. The van der Waals surface area contributed by atoms with Crippen molar-refractivity contribution in [2.24, 2.45) is 11.7 Å². The minimum atomic E-state index is -0.368. The Hall–Kier alpha value is -0.860. The summed E-state index contributed by atoms with van der Waals surface area (Å²) < 4.78 is 0. The number of aliphatic hydroxyl groups is 1. The summed E-state index contributed by atoms with van der Waals surface area (Å²) in [5.74, 6) is 0.432. The van der Waals surface area contributed by atoms with Crippen LogP contribution in [-0.4, -0.2) is 11.2 Å². The Morgan fingerprint density at radius 2 is 1.93 bits per heavy atom. The van der Waals surface area contributed by atoms with Crippen molar-refractivity contribution in [3.05, 3.63) is 34.9 Å². The Kier molecular flexibility index (Phi) is 2.81. The maximum atomic E-state index is 9.95. The van der Waals surface area contributed by atoms with Crippen LogP contribution in [0.1, 0.15) is 35.6 Å². The van der Waals surface area contributed by atoms with Crippen molar-refractivity contribution in [2.45, 2.75) is 38.8 Å². The van der Waals surface area contributed by atoms with Crippen molar-refractivity contribution in [2.75, 3.05) is 0 Å². The number of nitrogens with two attached hydrogens (primary N) is 1. The van der Waals surface area contributed by atoms with Gasteiger partial charge in [-0.1, -0.05) is 18.2 Å². The first-order valence-corrected chi connectivity index (χ1v) is 5.60. The fourth-order valence-electron chi connectivity index (χ4n) is 1.90. The van der Waals surface area contributed by atoms with Gasteiger partial charge < -0.3 is 10.8 Å². The van der Waals surface area contributed by atoms with E-state index < -0.39 is 0 Å². The van der Waals surface area contributed by atoms with Gasteiger partial charge in [-0.3, -0.25) is 0 Å². The number of hydrogen-bond acceptors (Lipinski definition) is 2. The summed E-state index contributed by atoms with van der Waals surface area (Å²) in [7, 11) is 0. The first kappa shape index (κ1) is 10.7. The smallest absolute Gasteiger partial charge is 0.0760 e. The van der Waals surface area contributed by atoms with E-state index in [0.29, 0.717) is 5.92 Å². The van der Waals surface area contributed by atoms with E-state index in [-0.39, 0.29) is 12.1 Å². The Labute approximate surface area is 91.1 Å². The lowest BCUT2D eigenvalue weighted by Crippen LogP contribution is -2.27. The molecule has 0 aromatic heterocycles. The van der Waals surface area contributed by atoms with Crippen molar-refractivity contribution < 1.29 is 5.11 Å². The highest BCUT2D eigenvalue weighted by atomic mass is 16.3. The van der Waals surface area contributed by atoms with E-state index in [9.17, 15) is 5.11 Å². The van der Waals surface area contributed by atoms with Crippen molar-refractivity contribution in [3.63, 3.8) is 0 Å². The predicted octanol–water partition coefficient (Wildman–Crippen LogP) is 2.07. The molecule has 0 radical (unpaired) electrons. The lowest BCUT2D eigenvalue weighted by Gasteiger charge is -2.19. The number of aliphatic hydroxyl groups excluding tert-OH is 1. The van der Waals surface area contributed by atoms with Crippen LogP contribution in [-0.2, 0) is 0 Å². The van der Waals surface area contributed by atoms with E-state index in [0.717, 1.165) is 18.4 Å². The lowest BCUT2D eigenvalue weighted by molar-refractivity contribution is 0.122. The average molecular weight is 205 g/mol. The molecule has 0 amide bonds. The molecule has 2 atom stereocenters. The number of rotatable bonds is 3. The maximum absolute atomic E-state index is 9.95. The molecule has 0 unspecified atom stereocenters. The van der Waals surface area contributed by atoms with Gasteiger partial charge >= 0.3 is 0 Å². The standard InChI is InChI=1S/C13H19NO/c1-8-3-4-11(7-9(8)2)12(14)13(15)10-5-6-10/h3-4,7,10,12-13,15H,5-6,14H2,1-2H3/t12-,13+/m1/s1. The molecule has 1 aromatic rings. The second kappa shape index (κ2) is 3.95. The second-order valence-corrected chi connectivity index (χ2v) is 4.70. The van der Waals surface area contributed by atoms with Crippen molar-refractivity contribution in [1.82, 2.24) is 0 Å². The minimum absolute atomic E-state index is 0.225. The van der Waals surface area contributed by atoms with E-state index in [1.807, 2.05) is 6.07 Å². The van der Waals surface area contributed by atoms with E-state index in [2.05, 4.69) is 26.0 Å². The normalized spacial score (nSPS) is 20.0. The van der Waals surface area contributed by atoms with E-state index >= 15 is 0 Å². The SMILES string of the molecule is Cc1ccc([C@@H](N)[C@@H](O)C2CC2)cc1C. The first-order chi connectivity index (χ1) is 7.09. The molecule has 1 aromatic carbocycles. The Balaban J connectivity index is 2.17. The van der Waals surface area contributed by atoms with Crippen LogP contribution in [0.2, 0.25) is 0 Å². The van der Waals surface area contributed by atoms with E-state index in [4.69, 9.17) is 5.73 Å². The maximum Gasteiger partial charge on any atom is 0.0760 e. The molecule has 1 aliphatic rings. The second-order valence-electron chi connectivity index (χ2n) is 4.70. The molecular weight excluding hydrogens is 186 g/mol. The van der Waals surface area contributed by atoms with Crippen molar-refractivity contribution in [3.8, 4) is 0 Å². The summed E-state index contributed by atoms with van der Waals surface area (Å²) in [5, 5.41) is 9.95. The van der Waals surface area contributed by atoms with Crippen molar-refractivity contribution >= 4 is 0 Å². The molecule has 0 bridgehead atoms. The fourth-order valence-corrected chi connectivity index (χ4v) is 1.90. The van der Waals surface area contributed by atoms with Crippen molar-refractivity contribution in [1.29, 1.82) is 0 Å². The number of benzene rings is 1. The van der Waals surface area contributed by atoms with Gasteiger partial charge in [-0.25, -0.2) is 0 Å². The molecule has 0 spiro atoms. The van der Waals surface area contributed by atoms with Crippen LogP contribution in [0.3, 0.4) is 0 Å². The van der Waals surface area contributed by atoms with E-state index in [1.54, 1.807) is 0 Å². The van der Waals surface area contributed by atoms with Crippen LogP contribution in [0.15, 0.2) is 18.2 Å². The summed E-state index contributed by atoms with van der Waals surface area (Å²) in [6.45, 7) is 4.16. The molecule has 3 N–H and O–H groups in total. The molecule has 1 saturated carbocycles. The van der Waals surface area contributed by atoms with Gasteiger partial charge in [-0.05, 0) is 49.3 Å². The molecular formula is C13H19NO. The summed E-state index contributed by atoms with van der Waals surface area (Å²) in [4.78, 5) is 0. The van der Waals surface area contributed by atoms with Crippen LogP contribution in [0.5, 0.6) is 0 Å². The molecule has 2 heteroatoms. The van der Waals surface area contributed by atoms with Crippen LogP contribution in [0.4, 0.5) is 0 Å². The highest BCUT2D eigenvalue weighted by molar-refractivity contribution is 5.32. The molecule has 2 nitrogen and oxygen atoms in total. The Morgan fingerprint density at radius 3 is 2.47 bits per heavy atom. The van der Waals surface area contributed by atoms with Gasteiger partial charge in [0, 0.05) is 0 Å². The largest absolute Gasteiger partial charge is 0.391 e. The molecule has 1 fully saturated rings. The monoisotopic (exact) mass is 205 g/mol. The van der Waals surface area contributed by atoms with E-state index in [1.165, 1.54) is 11.1 Å². The number of hydrogen-bond donors (Lipinski definition) is 2. The van der Waals surface area contributed by atoms with Crippen LogP contribution in [0.25, 0.3) is 0 Å². The molecule has 0 saturated heterocycles. The summed E-state index contributed by atoms with van der Waals surface area (Å²) in [5.41, 5.74) is 9.61. The first-order valence-electron chi connectivity index (χ1n) is 5.60. The topological polar surface area (TPSA) is 46.2 Å². The Bertz CT molecular complexity index is 358. The van der Waals surface area contributed by atoms with Gasteiger partial charge in [-0.15, -0.1) is 0 Å². The third kappa shape index (κ3) is 2.21. The molecule has 2 rings (SSSR count). The molecule has 1 aliphatic carbocycles. The fraction of sp³-hybridized carbons (Fsp3) is 0.538. The third-order valence-corrected chi connectivity index (χ3v) is 3.39.